The Bertz CT molecular complexity index is 971. The number of aromatic nitrogens is 2. The zero-order chi connectivity index (χ0) is 16.5. The summed E-state index contributed by atoms with van der Waals surface area (Å²) in [6.45, 7) is 0.436. The van der Waals surface area contributed by atoms with Crippen molar-refractivity contribution in [3.8, 4) is 28.3 Å². The lowest BCUT2D eigenvalue weighted by molar-refractivity contribution is 0.415. The third-order valence-corrected chi connectivity index (χ3v) is 4.91. The molecule has 0 unspecified atom stereocenters. The lowest BCUT2D eigenvalue weighted by atomic mass is 10.1. The molecule has 0 saturated heterocycles. The second kappa shape index (κ2) is 6.11. The van der Waals surface area contributed by atoms with Crippen LogP contribution in [0.4, 0.5) is 0 Å². The fourth-order valence-corrected chi connectivity index (χ4v) is 3.81. The van der Waals surface area contributed by atoms with Gasteiger partial charge in [-0.2, -0.15) is 0 Å². The predicted molar refractivity (Wildman–Crippen MR) is 98.4 cm³/mol. The first-order valence-corrected chi connectivity index (χ1v) is 8.58. The van der Waals surface area contributed by atoms with Crippen LogP contribution in [0.25, 0.3) is 27.5 Å². The Kier molecular flexibility index (Phi) is 3.80. The molecule has 4 rings (SSSR count). The molecule has 2 aromatic carbocycles. The Hall–Kier alpha value is -2.63. The molecule has 2 aromatic heterocycles. The van der Waals surface area contributed by atoms with Gasteiger partial charge in [0, 0.05) is 17.5 Å². The van der Waals surface area contributed by atoms with E-state index in [1.165, 1.54) is 0 Å². The summed E-state index contributed by atoms with van der Waals surface area (Å²) < 4.78 is 7.41. The quantitative estimate of drug-likeness (QED) is 0.608. The van der Waals surface area contributed by atoms with Crippen molar-refractivity contribution >= 4 is 16.3 Å². The summed E-state index contributed by atoms with van der Waals surface area (Å²) in [6.07, 6.45) is 0. The summed E-state index contributed by atoms with van der Waals surface area (Å²) >= 11 is 1.63. The van der Waals surface area contributed by atoms with Crippen molar-refractivity contribution in [2.45, 2.75) is 6.54 Å². The van der Waals surface area contributed by atoms with Gasteiger partial charge in [-0.05, 0) is 29.8 Å². The molecule has 120 valence electrons. The fourth-order valence-electron chi connectivity index (χ4n) is 2.89. The van der Waals surface area contributed by atoms with Gasteiger partial charge in [0.25, 0.3) is 0 Å². The molecule has 0 aliphatic heterocycles. The smallest absolute Gasteiger partial charge is 0.195 e. The third kappa shape index (κ3) is 2.38. The normalized spacial score (nSPS) is 11.1. The summed E-state index contributed by atoms with van der Waals surface area (Å²) in [5, 5.41) is 2.12. The van der Waals surface area contributed by atoms with Crippen molar-refractivity contribution in [2.75, 3.05) is 7.11 Å². The van der Waals surface area contributed by atoms with Gasteiger partial charge in [-0.1, -0.05) is 30.3 Å². The first-order valence-electron chi connectivity index (χ1n) is 7.70. The molecule has 0 atom stereocenters. The number of nitrogens with two attached hydrogens (primary N) is 1. The van der Waals surface area contributed by atoms with Gasteiger partial charge in [0.05, 0.1) is 24.2 Å². The molecule has 4 aromatic rings. The van der Waals surface area contributed by atoms with E-state index in [0.29, 0.717) is 6.54 Å². The first-order chi connectivity index (χ1) is 11.8. The van der Waals surface area contributed by atoms with Crippen molar-refractivity contribution in [3.05, 3.63) is 65.7 Å². The van der Waals surface area contributed by atoms with E-state index in [4.69, 9.17) is 15.5 Å². The number of thiazole rings is 1. The summed E-state index contributed by atoms with van der Waals surface area (Å²) in [6, 6.07) is 18.2. The second-order valence-corrected chi connectivity index (χ2v) is 6.28. The molecule has 0 saturated carbocycles. The van der Waals surface area contributed by atoms with Crippen molar-refractivity contribution in [1.82, 2.24) is 9.38 Å². The van der Waals surface area contributed by atoms with E-state index in [-0.39, 0.29) is 0 Å². The number of ether oxygens (including phenoxy) is 1. The average Bonchev–Trinajstić information content (AvgIpc) is 3.21. The highest BCUT2D eigenvalue weighted by atomic mass is 32.1. The van der Waals surface area contributed by atoms with Gasteiger partial charge in [-0.3, -0.25) is 4.40 Å². The molecule has 0 aliphatic rings. The lowest BCUT2D eigenvalue weighted by Crippen LogP contribution is -2.03. The molecule has 5 heteroatoms. The van der Waals surface area contributed by atoms with E-state index < -0.39 is 0 Å². The van der Waals surface area contributed by atoms with Crippen LogP contribution in [0.1, 0.15) is 5.69 Å². The number of imidazole rings is 1. The summed E-state index contributed by atoms with van der Waals surface area (Å²) in [5.74, 6) is 0.847. The molecule has 0 spiro atoms. The number of methoxy groups -OCH3 is 1. The molecule has 0 bridgehead atoms. The number of benzene rings is 2. The van der Waals surface area contributed by atoms with Crippen LogP contribution in [0.15, 0.2) is 60.0 Å². The molecule has 0 aliphatic carbocycles. The SMILES string of the molecule is COc1ccc(-c2csc3nc(-c4ccccc4)c(CN)n23)cc1. The van der Waals surface area contributed by atoms with Crippen molar-refractivity contribution in [3.63, 3.8) is 0 Å². The largest absolute Gasteiger partial charge is 0.497 e. The van der Waals surface area contributed by atoms with Gasteiger partial charge in [-0.25, -0.2) is 4.98 Å². The zero-order valence-electron chi connectivity index (χ0n) is 13.3. The van der Waals surface area contributed by atoms with E-state index in [2.05, 4.69) is 34.0 Å². The van der Waals surface area contributed by atoms with Crippen LogP contribution < -0.4 is 10.5 Å². The zero-order valence-corrected chi connectivity index (χ0v) is 14.1. The third-order valence-electron chi connectivity index (χ3n) is 4.09. The van der Waals surface area contributed by atoms with E-state index in [0.717, 1.165) is 38.9 Å². The highest BCUT2D eigenvalue weighted by Gasteiger charge is 2.17. The molecule has 2 heterocycles. The van der Waals surface area contributed by atoms with Gasteiger partial charge in [0.2, 0.25) is 0 Å². The molecule has 0 amide bonds. The van der Waals surface area contributed by atoms with E-state index in [1.807, 2.05) is 30.3 Å². The first kappa shape index (κ1) is 14.9. The average molecular weight is 335 g/mol. The summed E-state index contributed by atoms with van der Waals surface area (Å²) in [5.41, 5.74) is 11.4. The monoisotopic (exact) mass is 335 g/mol. The van der Waals surface area contributed by atoms with Crippen LogP contribution in [0, 0.1) is 0 Å². The van der Waals surface area contributed by atoms with Gasteiger partial charge >= 0.3 is 0 Å². The highest BCUT2D eigenvalue weighted by Crippen LogP contribution is 2.33. The molecular weight excluding hydrogens is 318 g/mol. The predicted octanol–water partition coefficient (Wildman–Crippen LogP) is 4.20. The number of hydrogen-bond donors (Lipinski definition) is 1. The van der Waals surface area contributed by atoms with Crippen LogP contribution in [-0.4, -0.2) is 16.5 Å². The standard InChI is InChI=1S/C19H17N3OS/c1-23-15-9-7-13(8-10-15)17-12-24-19-21-18(16(11-20)22(17)19)14-5-3-2-4-6-14/h2-10,12H,11,20H2,1H3. The number of nitrogens with zero attached hydrogens (tertiary/aromatic N) is 2. The molecular formula is C19H17N3OS. The van der Waals surface area contributed by atoms with E-state index in [9.17, 15) is 0 Å². The van der Waals surface area contributed by atoms with Gasteiger partial charge in [0.15, 0.2) is 4.96 Å². The fraction of sp³-hybridized carbons (Fsp3) is 0.105. The van der Waals surface area contributed by atoms with Gasteiger partial charge in [0.1, 0.15) is 5.75 Å². The Balaban J connectivity index is 1.90. The van der Waals surface area contributed by atoms with Crippen LogP contribution in [0.5, 0.6) is 5.75 Å². The Labute approximate surface area is 144 Å². The topological polar surface area (TPSA) is 52.5 Å². The Morgan fingerprint density at radius 2 is 1.79 bits per heavy atom. The van der Waals surface area contributed by atoms with Gasteiger partial charge < -0.3 is 10.5 Å². The van der Waals surface area contributed by atoms with Gasteiger partial charge in [-0.15, -0.1) is 11.3 Å². The number of fused-ring (bicyclic) bond motifs is 1. The second-order valence-electron chi connectivity index (χ2n) is 5.44. The molecule has 0 radical (unpaired) electrons. The van der Waals surface area contributed by atoms with Crippen molar-refractivity contribution < 1.29 is 4.74 Å². The Morgan fingerprint density at radius 3 is 2.46 bits per heavy atom. The number of rotatable bonds is 4. The molecule has 2 N–H and O–H groups in total. The lowest BCUT2D eigenvalue weighted by Gasteiger charge is -2.06. The van der Waals surface area contributed by atoms with E-state index >= 15 is 0 Å². The molecule has 4 nitrogen and oxygen atoms in total. The van der Waals surface area contributed by atoms with Crippen LogP contribution in [0.3, 0.4) is 0 Å². The minimum atomic E-state index is 0.436. The van der Waals surface area contributed by atoms with Crippen molar-refractivity contribution in [1.29, 1.82) is 0 Å². The van der Waals surface area contributed by atoms with E-state index in [1.54, 1.807) is 18.4 Å². The maximum atomic E-state index is 6.07. The maximum absolute atomic E-state index is 6.07. The highest BCUT2D eigenvalue weighted by molar-refractivity contribution is 7.15. The van der Waals surface area contributed by atoms with Crippen LogP contribution >= 0.6 is 11.3 Å². The number of hydrogen-bond acceptors (Lipinski definition) is 4. The molecule has 0 fully saturated rings. The van der Waals surface area contributed by atoms with Crippen molar-refractivity contribution in [2.24, 2.45) is 5.73 Å². The summed E-state index contributed by atoms with van der Waals surface area (Å²) in [4.78, 5) is 5.77. The maximum Gasteiger partial charge on any atom is 0.195 e. The van der Waals surface area contributed by atoms with Crippen LogP contribution in [0.2, 0.25) is 0 Å². The van der Waals surface area contributed by atoms with Crippen LogP contribution in [-0.2, 0) is 6.54 Å². The minimum Gasteiger partial charge on any atom is -0.497 e. The minimum absolute atomic E-state index is 0.436. The Morgan fingerprint density at radius 1 is 1.04 bits per heavy atom. The summed E-state index contributed by atoms with van der Waals surface area (Å²) in [7, 11) is 1.67. The molecule has 24 heavy (non-hydrogen) atoms.